The molecule has 0 amide bonds. The predicted octanol–water partition coefficient (Wildman–Crippen LogP) is 2.06. The largest absolute Gasteiger partial charge is 0.478 e. The Labute approximate surface area is 114 Å². The number of rotatable bonds is 5. The molecule has 0 aliphatic rings. The lowest BCUT2D eigenvalue weighted by molar-refractivity contribution is 0.0645. The van der Waals surface area contributed by atoms with Crippen LogP contribution in [0.4, 0.5) is 0 Å². The molecule has 6 heteroatoms. The van der Waals surface area contributed by atoms with Crippen LogP contribution in [0.5, 0.6) is 5.88 Å². The average Bonchev–Trinajstić information content (AvgIpc) is 2.45. The molecule has 0 unspecified atom stereocenters. The normalized spacial score (nSPS) is 10.0. The van der Waals surface area contributed by atoms with E-state index >= 15 is 0 Å². The van der Waals surface area contributed by atoms with Crippen LogP contribution in [-0.4, -0.2) is 27.1 Å². The molecule has 2 N–H and O–H groups in total. The van der Waals surface area contributed by atoms with Crippen LogP contribution in [0.3, 0.4) is 0 Å². The second-order valence-corrected chi connectivity index (χ2v) is 3.93. The number of carboxylic acids is 2. The van der Waals surface area contributed by atoms with Crippen LogP contribution < -0.4 is 4.74 Å². The van der Waals surface area contributed by atoms with Crippen molar-refractivity contribution in [1.82, 2.24) is 4.98 Å². The highest BCUT2D eigenvalue weighted by Crippen LogP contribution is 2.15. The lowest BCUT2D eigenvalue weighted by Gasteiger charge is -2.07. The molecule has 2 aromatic rings. The predicted molar refractivity (Wildman–Crippen MR) is 68.9 cm³/mol. The monoisotopic (exact) mass is 273 g/mol. The number of carbonyl (C=O) groups is 2. The maximum absolute atomic E-state index is 11.0. The summed E-state index contributed by atoms with van der Waals surface area (Å²) in [5.41, 5.74) is -0.0129. The van der Waals surface area contributed by atoms with Crippen molar-refractivity contribution < 1.29 is 24.5 Å². The van der Waals surface area contributed by atoms with Gasteiger partial charge in [-0.25, -0.2) is 14.6 Å². The van der Waals surface area contributed by atoms with E-state index < -0.39 is 17.6 Å². The van der Waals surface area contributed by atoms with E-state index in [1.165, 1.54) is 12.1 Å². The first-order chi connectivity index (χ1) is 9.58. The van der Waals surface area contributed by atoms with E-state index in [0.717, 1.165) is 5.56 Å². The second-order valence-electron chi connectivity index (χ2n) is 3.93. The lowest BCUT2D eigenvalue weighted by Crippen LogP contribution is -2.11. The van der Waals surface area contributed by atoms with Crippen molar-refractivity contribution in [3.8, 4) is 5.88 Å². The molecule has 0 aliphatic heterocycles. The molecule has 20 heavy (non-hydrogen) atoms. The molecule has 102 valence electrons. The Morgan fingerprint density at radius 1 is 1.00 bits per heavy atom. The molecule has 0 atom stereocenters. The molecule has 0 radical (unpaired) electrons. The minimum atomic E-state index is -1.41. The van der Waals surface area contributed by atoms with E-state index in [4.69, 9.17) is 14.9 Å². The zero-order chi connectivity index (χ0) is 14.5. The van der Waals surface area contributed by atoms with Crippen LogP contribution in [0.25, 0.3) is 0 Å². The summed E-state index contributed by atoms with van der Waals surface area (Å²) < 4.78 is 5.35. The van der Waals surface area contributed by atoms with Gasteiger partial charge in [-0.3, -0.25) is 0 Å². The van der Waals surface area contributed by atoms with E-state index in [0.29, 0.717) is 0 Å². The van der Waals surface area contributed by atoms with Crippen molar-refractivity contribution in [2.45, 2.75) is 6.61 Å². The number of hydrogen-bond donors (Lipinski definition) is 2. The number of pyridine rings is 1. The maximum Gasteiger partial charge on any atom is 0.355 e. The first-order valence-corrected chi connectivity index (χ1v) is 5.72. The van der Waals surface area contributed by atoms with Gasteiger partial charge in [0.25, 0.3) is 0 Å². The highest BCUT2D eigenvalue weighted by Gasteiger charge is 2.18. The van der Waals surface area contributed by atoms with Gasteiger partial charge in [-0.2, -0.15) is 0 Å². The van der Waals surface area contributed by atoms with E-state index in [1.807, 2.05) is 30.3 Å². The van der Waals surface area contributed by atoms with E-state index in [9.17, 15) is 9.59 Å². The molecule has 0 saturated carbocycles. The van der Waals surface area contributed by atoms with Gasteiger partial charge in [0, 0.05) is 6.07 Å². The Morgan fingerprint density at radius 2 is 1.70 bits per heavy atom. The molecule has 2 rings (SSSR count). The van der Waals surface area contributed by atoms with E-state index in [2.05, 4.69) is 4.98 Å². The molecule has 0 spiro atoms. The number of hydrogen-bond acceptors (Lipinski definition) is 4. The number of carboxylic acid groups (broad SMARTS) is 2. The number of benzene rings is 1. The lowest BCUT2D eigenvalue weighted by atomic mass is 10.2. The van der Waals surface area contributed by atoms with Gasteiger partial charge < -0.3 is 14.9 Å². The number of nitrogens with zero attached hydrogens (tertiary/aromatic N) is 1. The SMILES string of the molecule is O=C(O)c1ccc(OCc2ccccc2)nc1C(=O)O. The Balaban J connectivity index is 2.19. The van der Waals surface area contributed by atoms with Crippen LogP contribution in [0.2, 0.25) is 0 Å². The fourth-order valence-electron chi connectivity index (χ4n) is 1.59. The van der Waals surface area contributed by atoms with Gasteiger partial charge in [0.15, 0.2) is 5.69 Å². The van der Waals surface area contributed by atoms with Gasteiger partial charge in [0.1, 0.15) is 6.61 Å². The smallest absolute Gasteiger partial charge is 0.355 e. The topological polar surface area (TPSA) is 96.7 Å². The maximum atomic E-state index is 11.0. The molecule has 1 heterocycles. The zero-order valence-corrected chi connectivity index (χ0v) is 10.3. The third-order valence-corrected chi connectivity index (χ3v) is 2.53. The fraction of sp³-hybridized carbons (Fsp3) is 0.0714. The summed E-state index contributed by atoms with van der Waals surface area (Å²) in [6.45, 7) is 0.222. The summed E-state index contributed by atoms with van der Waals surface area (Å²) >= 11 is 0. The minimum Gasteiger partial charge on any atom is -0.478 e. The molecule has 1 aromatic carbocycles. The molecule has 0 aliphatic carbocycles. The fourth-order valence-corrected chi connectivity index (χ4v) is 1.59. The molecular formula is C14H11NO5. The number of aromatic nitrogens is 1. The zero-order valence-electron chi connectivity index (χ0n) is 10.3. The van der Waals surface area contributed by atoms with Gasteiger partial charge in [0.05, 0.1) is 5.56 Å². The standard InChI is InChI=1S/C14H11NO5/c16-13(17)10-6-7-11(15-12(10)14(18)19)20-8-9-4-2-1-3-5-9/h1-7H,8H2,(H,16,17)(H,18,19). The molecule has 0 fully saturated rings. The van der Waals surface area contributed by atoms with Crippen LogP contribution in [0.15, 0.2) is 42.5 Å². The number of ether oxygens (including phenoxy) is 1. The van der Waals surface area contributed by atoms with Crippen molar-refractivity contribution in [3.63, 3.8) is 0 Å². The highest BCUT2D eigenvalue weighted by atomic mass is 16.5. The van der Waals surface area contributed by atoms with Crippen LogP contribution in [0, 0.1) is 0 Å². The van der Waals surface area contributed by atoms with Crippen molar-refractivity contribution >= 4 is 11.9 Å². The van der Waals surface area contributed by atoms with E-state index in [1.54, 1.807) is 0 Å². The summed E-state index contributed by atoms with van der Waals surface area (Å²) in [6.07, 6.45) is 0. The Kier molecular flexibility index (Phi) is 3.95. The van der Waals surface area contributed by atoms with Crippen LogP contribution in [-0.2, 0) is 6.61 Å². The number of aromatic carboxylic acids is 2. The second kappa shape index (κ2) is 5.83. The van der Waals surface area contributed by atoms with Crippen LogP contribution >= 0.6 is 0 Å². The first-order valence-electron chi connectivity index (χ1n) is 5.72. The summed E-state index contributed by atoms with van der Waals surface area (Å²) in [7, 11) is 0. The Morgan fingerprint density at radius 3 is 2.30 bits per heavy atom. The third kappa shape index (κ3) is 3.11. The molecule has 0 saturated heterocycles. The Hall–Kier alpha value is -2.89. The molecule has 1 aromatic heterocycles. The van der Waals surface area contributed by atoms with Gasteiger partial charge >= 0.3 is 11.9 Å². The highest BCUT2D eigenvalue weighted by molar-refractivity contribution is 6.00. The van der Waals surface area contributed by atoms with Crippen molar-refractivity contribution in [1.29, 1.82) is 0 Å². The first kappa shape index (κ1) is 13.5. The summed E-state index contributed by atoms with van der Waals surface area (Å²) in [5.74, 6) is -2.69. The molecular weight excluding hydrogens is 262 g/mol. The van der Waals surface area contributed by atoms with Crippen LogP contribution in [0.1, 0.15) is 26.4 Å². The van der Waals surface area contributed by atoms with Crippen molar-refractivity contribution in [2.75, 3.05) is 0 Å². The van der Waals surface area contributed by atoms with Gasteiger partial charge in [-0.15, -0.1) is 0 Å². The minimum absolute atomic E-state index is 0.0660. The average molecular weight is 273 g/mol. The molecule has 0 bridgehead atoms. The van der Waals surface area contributed by atoms with Gasteiger partial charge in [-0.05, 0) is 11.6 Å². The summed E-state index contributed by atoms with van der Waals surface area (Å²) in [5, 5.41) is 17.8. The summed E-state index contributed by atoms with van der Waals surface area (Å²) in [4.78, 5) is 25.5. The van der Waals surface area contributed by atoms with Crippen molar-refractivity contribution in [2.24, 2.45) is 0 Å². The van der Waals surface area contributed by atoms with E-state index in [-0.39, 0.29) is 18.1 Å². The van der Waals surface area contributed by atoms with Gasteiger partial charge in [0.2, 0.25) is 5.88 Å². The van der Waals surface area contributed by atoms with Crippen molar-refractivity contribution in [3.05, 3.63) is 59.3 Å². The van der Waals surface area contributed by atoms with Gasteiger partial charge in [-0.1, -0.05) is 30.3 Å². The molecule has 6 nitrogen and oxygen atoms in total. The quantitative estimate of drug-likeness (QED) is 0.865. The third-order valence-electron chi connectivity index (χ3n) is 2.53. The Bertz CT molecular complexity index is 639. The summed E-state index contributed by atoms with van der Waals surface area (Å²) in [6, 6.07) is 11.8.